The fraction of sp³-hybridized carbons (Fsp3) is 0.929. The molecule has 0 heterocycles. The van der Waals surface area contributed by atoms with E-state index < -0.39 is 12.9 Å². The highest BCUT2D eigenvalue weighted by Gasteiger charge is 2.48. The Morgan fingerprint density at radius 3 is 1.35 bits per heavy atom. The molecule has 0 fully saturated rings. The summed E-state index contributed by atoms with van der Waals surface area (Å²) in [5, 5.41) is 8.57. The molecule has 0 aliphatic carbocycles. The van der Waals surface area contributed by atoms with Gasteiger partial charge in [-0.05, 0) is 25.7 Å². The van der Waals surface area contributed by atoms with Crippen LogP contribution in [-0.4, -0.2) is 52.4 Å². The number of quaternary nitrogens is 1. The largest absolute Gasteiger partial charge is 0.373 e. The van der Waals surface area contributed by atoms with Crippen molar-refractivity contribution in [2.24, 2.45) is 0 Å². The number of hydrogen-bond acceptors (Lipinski definition) is 2. The van der Waals surface area contributed by atoms with Crippen molar-refractivity contribution in [3.63, 3.8) is 0 Å². The van der Waals surface area contributed by atoms with E-state index in [1.54, 1.807) is 0 Å². The summed E-state index contributed by atoms with van der Waals surface area (Å²) in [6.07, 6.45) is 29.0. The van der Waals surface area contributed by atoms with Gasteiger partial charge in [0.15, 0.2) is 0 Å². The van der Waals surface area contributed by atoms with E-state index in [-0.39, 0.29) is 13.0 Å². The number of unbranched alkanes of at least 4 members (excludes halogenated alkanes) is 17. The van der Waals surface area contributed by atoms with Gasteiger partial charge in [-0.25, -0.2) is 0 Å². The molecule has 0 aromatic heterocycles. The second-order valence-corrected chi connectivity index (χ2v) is 13.4. The Morgan fingerprint density at radius 2 is 1.00 bits per heavy atom. The molecule has 0 rings (SSSR count). The van der Waals surface area contributed by atoms with Crippen LogP contribution in [0.2, 0.25) is 0 Å². The lowest BCUT2D eigenvalue weighted by atomic mass is 10.0. The quantitative estimate of drug-likeness (QED) is 0.0539. The van der Waals surface area contributed by atoms with Crippen LogP contribution in [0.25, 0.3) is 0 Å². The van der Waals surface area contributed by atoms with Gasteiger partial charge in [0.2, 0.25) is 5.34 Å². The topological polar surface area (TPSA) is 77.8 Å². The van der Waals surface area contributed by atoms with Crippen LogP contribution in [0.15, 0.2) is 12.2 Å². The van der Waals surface area contributed by atoms with E-state index in [0.29, 0.717) is 10.9 Å². The van der Waals surface area contributed by atoms with Crippen molar-refractivity contribution in [3.8, 4) is 0 Å². The minimum absolute atomic E-state index is 0.0321. The monoisotopic (exact) mass is 504 g/mol. The van der Waals surface area contributed by atoms with Gasteiger partial charge in [0.25, 0.3) is 0 Å². The molecule has 5 nitrogen and oxygen atoms in total. The highest BCUT2D eigenvalue weighted by molar-refractivity contribution is 7.53. The second-order valence-electron chi connectivity index (χ2n) is 11.4. The maximum Gasteiger partial charge on any atom is 0.362 e. The average Bonchev–Trinajstić information content (AvgIpc) is 2.73. The van der Waals surface area contributed by atoms with Crippen LogP contribution in [0.1, 0.15) is 135 Å². The number of likely N-dealkylation sites (N-methyl/N-ethyl adjacent to an activating group) is 1. The van der Waals surface area contributed by atoms with E-state index in [4.69, 9.17) is 0 Å². The highest BCUT2D eigenvalue weighted by Crippen LogP contribution is 2.52. The lowest BCUT2D eigenvalue weighted by Crippen LogP contribution is -2.49. The first-order chi connectivity index (χ1) is 16.0. The zero-order valence-electron chi connectivity index (χ0n) is 23.1. The van der Waals surface area contributed by atoms with Crippen molar-refractivity contribution >= 4 is 7.60 Å². The van der Waals surface area contributed by atoms with E-state index in [1.165, 1.54) is 103 Å². The number of hydrogen-bond donors (Lipinski definition) is 3. The summed E-state index contributed by atoms with van der Waals surface area (Å²) in [5.41, 5.74) is 0. The van der Waals surface area contributed by atoms with Gasteiger partial charge in [-0.15, -0.1) is 0 Å². The molecule has 0 bridgehead atoms. The smallest absolute Gasteiger partial charge is 0.362 e. The molecule has 1 atom stereocenters. The van der Waals surface area contributed by atoms with Crippen LogP contribution in [0, 0.1) is 0 Å². The van der Waals surface area contributed by atoms with Gasteiger partial charge < -0.3 is 19.4 Å². The second kappa shape index (κ2) is 19.9. The van der Waals surface area contributed by atoms with Gasteiger partial charge in [-0.1, -0.05) is 122 Å². The van der Waals surface area contributed by atoms with Gasteiger partial charge in [0.05, 0.1) is 21.1 Å². The van der Waals surface area contributed by atoms with E-state index in [0.717, 1.165) is 12.8 Å². The molecule has 0 amide bonds. The average molecular weight is 505 g/mol. The van der Waals surface area contributed by atoms with Gasteiger partial charge in [-0.3, -0.25) is 4.57 Å². The van der Waals surface area contributed by atoms with Crippen molar-refractivity contribution in [3.05, 3.63) is 12.2 Å². The van der Waals surface area contributed by atoms with Crippen LogP contribution >= 0.6 is 7.60 Å². The lowest BCUT2D eigenvalue weighted by molar-refractivity contribution is -0.875. The third-order valence-electron chi connectivity index (χ3n) is 6.62. The van der Waals surface area contributed by atoms with Crippen molar-refractivity contribution in [2.45, 2.75) is 141 Å². The summed E-state index contributed by atoms with van der Waals surface area (Å²) in [6, 6.07) is 0. The maximum absolute atomic E-state index is 11.8. The summed E-state index contributed by atoms with van der Waals surface area (Å²) in [5.74, 6) is 0. The van der Waals surface area contributed by atoms with Gasteiger partial charge in [-0.2, -0.15) is 0 Å². The molecule has 204 valence electrons. The molecule has 3 N–H and O–H groups in total. The molecule has 0 saturated heterocycles. The Morgan fingerprint density at radius 1 is 0.647 bits per heavy atom. The van der Waals surface area contributed by atoms with Crippen LogP contribution in [0.3, 0.4) is 0 Å². The number of nitrogens with zero attached hydrogens (tertiary/aromatic N) is 1. The Bertz CT molecular complexity index is 541. The molecule has 0 aromatic carbocycles. The normalized spacial score (nSPS) is 14.7. The predicted molar refractivity (Wildman–Crippen MR) is 147 cm³/mol. The minimum Gasteiger partial charge on any atom is -0.373 e. The number of aliphatic hydroxyl groups is 1. The molecule has 0 radical (unpaired) electrons. The first-order valence-corrected chi connectivity index (χ1v) is 15.9. The SMILES string of the molecule is CCCCCCCCCCCCCCCCCCC/C=C\CCC(O)(C[N+](C)(C)C)P(=O)(O)O. The van der Waals surface area contributed by atoms with Gasteiger partial charge >= 0.3 is 7.60 Å². The number of allylic oxidation sites excluding steroid dienone is 2. The first-order valence-electron chi connectivity index (χ1n) is 14.3. The lowest BCUT2D eigenvalue weighted by Gasteiger charge is -2.35. The Labute approximate surface area is 212 Å². The van der Waals surface area contributed by atoms with Crippen molar-refractivity contribution in [1.29, 1.82) is 0 Å². The Hall–Kier alpha value is -0.190. The fourth-order valence-electron chi connectivity index (χ4n) is 4.61. The predicted octanol–water partition coefficient (Wildman–Crippen LogP) is 7.94. The zero-order chi connectivity index (χ0) is 25.8. The molecular weight excluding hydrogens is 445 g/mol. The molecule has 6 heteroatoms. The van der Waals surface area contributed by atoms with Crippen LogP contribution in [-0.2, 0) is 4.57 Å². The van der Waals surface area contributed by atoms with Gasteiger partial charge in [0, 0.05) is 0 Å². The Kier molecular flexibility index (Phi) is 19.8. The summed E-state index contributed by atoms with van der Waals surface area (Å²) >= 11 is 0. The molecule has 0 aliphatic rings. The van der Waals surface area contributed by atoms with Crippen LogP contribution < -0.4 is 0 Å². The third kappa shape index (κ3) is 20.0. The summed E-state index contributed by atoms with van der Waals surface area (Å²) in [6.45, 7) is 2.31. The van der Waals surface area contributed by atoms with Crippen molar-refractivity contribution < 1.29 is 23.9 Å². The Balaban J connectivity index is 3.55. The molecule has 0 aliphatic heterocycles. The standard InChI is InChI=1S/C28H58NO4P/c1-5-6-7-8-9-10-11-12-13-14-15-16-17-18-19-20-21-22-23-24-25-26-28(30,34(31,32)33)27-29(2,3)4/h23-24,30H,5-22,25-27H2,1-4H3,(H-,31,32,33)/p+1/b24-23-. The van der Waals surface area contributed by atoms with Crippen molar-refractivity contribution in [1.82, 2.24) is 0 Å². The van der Waals surface area contributed by atoms with E-state index >= 15 is 0 Å². The van der Waals surface area contributed by atoms with Crippen LogP contribution in [0.4, 0.5) is 0 Å². The summed E-state index contributed by atoms with van der Waals surface area (Å²) in [7, 11) is 0.909. The fourth-order valence-corrected chi connectivity index (χ4v) is 5.64. The summed E-state index contributed by atoms with van der Waals surface area (Å²) in [4.78, 5) is 19.2. The molecule has 0 saturated carbocycles. The van der Waals surface area contributed by atoms with E-state index in [1.807, 2.05) is 27.2 Å². The minimum atomic E-state index is -4.57. The number of rotatable bonds is 24. The van der Waals surface area contributed by atoms with Crippen molar-refractivity contribution in [2.75, 3.05) is 27.7 Å². The molecular formula is C28H59NO4P+. The molecule has 0 aromatic rings. The van der Waals surface area contributed by atoms with Crippen LogP contribution in [0.5, 0.6) is 0 Å². The van der Waals surface area contributed by atoms with E-state index in [9.17, 15) is 19.5 Å². The molecule has 1 unspecified atom stereocenters. The first kappa shape index (κ1) is 33.8. The zero-order valence-corrected chi connectivity index (χ0v) is 24.0. The summed E-state index contributed by atoms with van der Waals surface area (Å²) < 4.78 is 12.1. The highest BCUT2D eigenvalue weighted by atomic mass is 31.2. The molecule has 0 spiro atoms. The third-order valence-corrected chi connectivity index (χ3v) is 8.07. The van der Waals surface area contributed by atoms with E-state index in [2.05, 4.69) is 13.0 Å². The van der Waals surface area contributed by atoms with Gasteiger partial charge in [0.1, 0.15) is 6.54 Å². The maximum atomic E-state index is 11.8. The molecule has 34 heavy (non-hydrogen) atoms.